The van der Waals surface area contributed by atoms with Crippen molar-refractivity contribution < 1.29 is 14.3 Å². The van der Waals surface area contributed by atoms with Gasteiger partial charge in [-0.25, -0.2) is 0 Å². The molecule has 0 aromatic heterocycles. The van der Waals surface area contributed by atoms with E-state index in [0.29, 0.717) is 23.7 Å². The summed E-state index contributed by atoms with van der Waals surface area (Å²) in [6.07, 6.45) is 6.79. The Bertz CT molecular complexity index is 866. The summed E-state index contributed by atoms with van der Waals surface area (Å²) in [5.41, 5.74) is 2.10. The summed E-state index contributed by atoms with van der Waals surface area (Å²) in [5, 5.41) is 13.0. The summed E-state index contributed by atoms with van der Waals surface area (Å²) in [7, 11) is 0. The van der Waals surface area contributed by atoms with Crippen molar-refractivity contribution in [1.29, 1.82) is 5.26 Å². The Morgan fingerprint density at radius 3 is 2.73 bits per heavy atom. The molecule has 0 bridgehead atoms. The monoisotopic (exact) mass is 412 g/mol. The maximum atomic E-state index is 9.07. The zero-order valence-corrected chi connectivity index (χ0v) is 15.8. The van der Waals surface area contributed by atoms with Gasteiger partial charge in [0.2, 0.25) is 0 Å². The van der Waals surface area contributed by atoms with Crippen LogP contribution >= 0.6 is 15.9 Å². The molecule has 0 aliphatic heterocycles. The third-order valence-electron chi connectivity index (χ3n) is 3.30. The Morgan fingerprint density at radius 2 is 2.00 bits per heavy atom. The second kappa shape index (κ2) is 10.1. The molecule has 2 aromatic rings. The molecule has 0 saturated carbocycles. The van der Waals surface area contributed by atoms with Crippen molar-refractivity contribution >= 4 is 22.1 Å². The summed E-state index contributed by atoms with van der Waals surface area (Å²) >= 11 is 3.47. The number of ether oxygens (including phenoxy) is 2. The molecule has 5 nitrogen and oxygen atoms in total. The number of nitrogens with zero attached hydrogens (tertiary/aromatic N) is 2. The van der Waals surface area contributed by atoms with Crippen molar-refractivity contribution in [3.05, 3.63) is 57.6 Å². The molecule has 132 valence electrons. The fraction of sp³-hybridized carbons (Fsp3) is 0.200. The van der Waals surface area contributed by atoms with E-state index < -0.39 is 0 Å². The van der Waals surface area contributed by atoms with Gasteiger partial charge in [0.1, 0.15) is 13.2 Å². The fourth-order valence-electron chi connectivity index (χ4n) is 2.11. The summed E-state index contributed by atoms with van der Waals surface area (Å²) < 4.78 is 11.8. The molecule has 0 radical (unpaired) electrons. The van der Waals surface area contributed by atoms with E-state index in [1.165, 1.54) is 0 Å². The molecular weight excluding hydrogens is 396 g/mol. The van der Waals surface area contributed by atoms with Crippen molar-refractivity contribution in [2.45, 2.75) is 13.5 Å². The van der Waals surface area contributed by atoms with Gasteiger partial charge in [0.05, 0.1) is 24.5 Å². The average molecular weight is 413 g/mol. The van der Waals surface area contributed by atoms with Crippen LogP contribution in [0.5, 0.6) is 11.5 Å². The van der Waals surface area contributed by atoms with Gasteiger partial charge in [0, 0.05) is 15.6 Å². The van der Waals surface area contributed by atoms with Gasteiger partial charge in [-0.3, -0.25) is 0 Å². The zero-order chi connectivity index (χ0) is 18.8. The third kappa shape index (κ3) is 5.27. The van der Waals surface area contributed by atoms with Crippen molar-refractivity contribution in [1.82, 2.24) is 0 Å². The number of rotatable bonds is 8. The molecule has 0 atom stereocenters. The standard InChI is InChI=1S/C20H17BrN2O3/c1-3-9-25-20-11-18(21)17(10-19(20)24-4-2)13-23-26-14-16-8-6-5-7-15(16)12-22/h1,5-8,10-11,13H,4,9,14H2,2H3/b23-13-. The van der Waals surface area contributed by atoms with Crippen LogP contribution in [0.3, 0.4) is 0 Å². The van der Waals surface area contributed by atoms with Crippen LogP contribution < -0.4 is 9.47 Å². The van der Waals surface area contributed by atoms with Crippen LogP contribution in [0, 0.1) is 23.7 Å². The zero-order valence-electron chi connectivity index (χ0n) is 14.2. The van der Waals surface area contributed by atoms with Crippen molar-refractivity contribution in [3.63, 3.8) is 0 Å². The molecule has 0 heterocycles. The largest absolute Gasteiger partial charge is 0.490 e. The summed E-state index contributed by atoms with van der Waals surface area (Å²) in [6.45, 7) is 2.74. The molecule has 2 aromatic carbocycles. The highest BCUT2D eigenvalue weighted by Crippen LogP contribution is 2.33. The van der Waals surface area contributed by atoms with E-state index >= 15 is 0 Å². The SMILES string of the molecule is C#CCOc1cc(Br)c(/C=N\OCc2ccccc2C#N)cc1OCC. The lowest BCUT2D eigenvalue weighted by atomic mass is 10.1. The van der Waals surface area contributed by atoms with Gasteiger partial charge in [-0.05, 0) is 41.1 Å². The Hall–Kier alpha value is -2.96. The third-order valence-corrected chi connectivity index (χ3v) is 3.98. The second-order valence-electron chi connectivity index (χ2n) is 5.02. The summed E-state index contributed by atoms with van der Waals surface area (Å²) in [4.78, 5) is 5.32. The molecule has 0 amide bonds. The van der Waals surface area contributed by atoms with Crippen LogP contribution in [0.15, 0.2) is 46.0 Å². The highest BCUT2D eigenvalue weighted by molar-refractivity contribution is 9.10. The van der Waals surface area contributed by atoms with E-state index in [-0.39, 0.29) is 13.2 Å². The van der Waals surface area contributed by atoms with Crippen molar-refractivity contribution in [2.75, 3.05) is 13.2 Å². The van der Waals surface area contributed by atoms with Gasteiger partial charge in [0.15, 0.2) is 11.5 Å². The fourth-order valence-corrected chi connectivity index (χ4v) is 2.53. The molecule has 0 saturated heterocycles. The van der Waals surface area contributed by atoms with Gasteiger partial charge in [-0.1, -0.05) is 29.3 Å². The first-order chi connectivity index (χ1) is 12.7. The number of nitriles is 1. The lowest BCUT2D eigenvalue weighted by Crippen LogP contribution is -2.01. The van der Waals surface area contributed by atoms with Crippen LogP contribution in [-0.4, -0.2) is 19.4 Å². The number of terminal acetylenes is 1. The molecule has 0 N–H and O–H groups in total. The Labute approximate surface area is 161 Å². The van der Waals surface area contributed by atoms with Crippen LogP contribution in [0.1, 0.15) is 23.6 Å². The molecule has 0 spiro atoms. The van der Waals surface area contributed by atoms with E-state index in [4.69, 9.17) is 26.0 Å². The number of hydrogen-bond donors (Lipinski definition) is 0. The molecule has 0 aliphatic rings. The maximum absolute atomic E-state index is 9.07. The topological polar surface area (TPSA) is 63.8 Å². The Morgan fingerprint density at radius 1 is 1.23 bits per heavy atom. The second-order valence-corrected chi connectivity index (χ2v) is 5.88. The normalized spacial score (nSPS) is 10.2. The van der Waals surface area contributed by atoms with Crippen LogP contribution in [-0.2, 0) is 11.4 Å². The molecule has 26 heavy (non-hydrogen) atoms. The predicted molar refractivity (Wildman–Crippen MR) is 103 cm³/mol. The minimum absolute atomic E-state index is 0.154. The summed E-state index contributed by atoms with van der Waals surface area (Å²) in [5.74, 6) is 3.55. The molecule has 6 heteroatoms. The minimum atomic E-state index is 0.154. The van der Waals surface area contributed by atoms with Gasteiger partial charge < -0.3 is 14.3 Å². The number of oxime groups is 1. The first kappa shape index (κ1) is 19.4. The summed E-state index contributed by atoms with van der Waals surface area (Å²) in [6, 6.07) is 12.9. The van der Waals surface area contributed by atoms with E-state index in [0.717, 1.165) is 15.6 Å². The Kier molecular flexibility index (Phi) is 7.54. The number of hydrogen-bond acceptors (Lipinski definition) is 5. The van der Waals surface area contributed by atoms with Gasteiger partial charge in [0.25, 0.3) is 0 Å². The highest BCUT2D eigenvalue weighted by Gasteiger charge is 2.10. The van der Waals surface area contributed by atoms with E-state index in [1.807, 2.05) is 25.1 Å². The minimum Gasteiger partial charge on any atom is -0.490 e. The Balaban J connectivity index is 2.10. The molecule has 0 aliphatic carbocycles. The number of benzene rings is 2. The van der Waals surface area contributed by atoms with Gasteiger partial charge >= 0.3 is 0 Å². The quantitative estimate of drug-likeness (QED) is 0.368. The smallest absolute Gasteiger partial charge is 0.163 e. The van der Waals surface area contributed by atoms with E-state index in [2.05, 4.69) is 33.1 Å². The van der Waals surface area contributed by atoms with Gasteiger partial charge in [-0.2, -0.15) is 5.26 Å². The van der Waals surface area contributed by atoms with Crippen molar-refractivity contribution in [3.8, 4) is 29.9 Å². The highest BCUT2D eigenvalue weighted by atomic mass is 79.9. The predicted octanol–water partition coefficient (Wildman–Crippen LogP) is 4.28. The molecule has 0 unspecified atom stereocenters. The van der Waals surface area contributed by atoms with E-state index in [9.17, 15) is 0 Å². The van der Waals surface area contributed by atoms with Crippen LogP contribution in [0.2, 0.25) is 0 Å². The molecular formula is C20H17BrN2O3. The lowest BCUT2D eigenvalue weighted by molar-refractivity contribution is 0.132. The maximum Gasteiger partial charge on any atom is 0.163 e. The van der Waals surface area contributed by atoms with E-state index in [1.54, 1.807) is 24.4 Å². The molecule has 0 fully saturated rings. The van der Waals surface area contributed by atoms with Crippen LogP contribution in [0.4, 0.5) is 0 Å². The lowest BCUT2D eigenvalue weighted by Gasteiger charge is -2.12. The van der Waals surface area contributed by atoms with Crippen molar-refractivity contribution in [2.24, 2.45) is 5.16 Å². The van der Waals surface area contributed by atoms with Gasteiger partial charge in [-0.15, -0.1) is 6.42 Å². The number of halogens is 1. The first-order valence-corrected chi connectivity index (χ1v) is 8.64. The first-order valence-electron chi connectivity index (χ1n) is 7.85. The molecule has 2 rings (SSSR count). The average Bonchev–Trinajstić information content (AvgIpc) is 2.66. The van der Waals surface area contributed by atoms with Crippen LogP contribution in [0.25, 0.3) is 0 Å².